The summed E-state index contributed by atoms with van der Waals surface area (Å²) >= 11 is 0. The monoisotopic (exact) mass is 220 g/mol. The Labute approximate surface area is 97.1 Å². The molecule has 0 aliphatic heterocycles. The molecule has 0 saturated heterocycles. The third-order valence-corrected chi connectivity index (χ3v) is 3.00. The molecule has 1 aliphatic rings. The van der Waals surface area contributed by atoms with E-state index in [0.29, 0.717) is 0 Å². The van der Waals surface area contributed by atoms with E-state index in [9.17, 15) is 0 Å². The van der Waals surface area contributed by atoms with Gasteiger partial charge < -0.3 is 10.2 Å². The normalized spacial score (nSPS) is 15.5. The Morgan fingerprint density at radius 2 is 2.19 bits per heavy atom. The highest BCUT2D eigenvalue weighted by Gasteiger charge is 2.25. The molecule has 1 N–H and O–H groups in total. The summed E-state index contributed by atoms with van der Waals surface area (Å²) in [6.07, 6.45) is 4.52. The van der Waals surface area contributed by atoms with Crippen LogP contribution in [-0.4, -0.2) is 41.0 Å². The van der Waals surface area contributed by atoms with E-state index in [4.69, 9.17) is 0 Å². The first-order chi connectivity index (χ1) is 7.66. The minimum Gasteiger partial charge on any atom is -0.367 e. The van der Waals surface area contributed by atoms with Crippen LogP contribution in [0.3, 0.4) is 0 Å². The fourth-order valence-corrected chi connectivity index (χ4v) is 1.75. The van der Waals surface area contributed by atoms with Gasteiger partial charge in [0.05, 0.1) is 11.4 Å². The molecule has 1 heterocycles. The first-order valence-electron chi connectivity index (χ1n) is 5.91. The van der Waals surface area contributed by atoms with Crippen molar-refractivity contribution >= 4 is 5.82 Å². The highest BCUT2D eigenvalue weighted by atomic mass is 15.2. The zero-order valence-electron chi connectivity index (χ0n) is 10.3. The van der Waals surface area contributed by atoms with Crippen molar-refractivity contribution in [3.63, 3.8) is 0 Å². The molecule has 1 aliphatic carbocycles. The number of nitrogens with one attached hydrogen (secondary N) is 1. The zero-order chi connectivity index (χ0) is 11.5. The molecular formula is C12H20N4. The minimum absolute atomic E-state index is 0.825. The van der Waals surface area contributed by atoms with Gasteiger partial charge >= 0.3 is 0 Å². The maximum Gasteiger partial charge on any atom is 0.147 e. The lowest BCUT2D eigenvalue weighted by molar-refractivity contribution is 0.337. The van der Waals surface area contributed by atoms with Crippen LogP contribution in [0, 0.1) is 13.8 Å². The van der Waals surface area contributed by atoms with Crippen molar-refractivity contribution < 1.29 is 0 Å². The molecule has 1 aromatic rings. The van der Waals surface area contributed by atoms with Gasteiger partial charge in [0.2, 0.25) is 0 Å². The van der Waals surface area contributed by atoms with Gasteiger partial charge in [-0.15, -0.1) is 0 Å². The van der Waals surface area contributed by atoms with E-state index in [2.05, 4.69) is 27.2 Å². The molecule has 4 heteroatoms. The van der Waals surface area contributed by atoms with Crippen LogP contribution >= 0.6 is 0 Å². The molecule has 1 aromatic heterocycles. The lowest BCUT2D eigenvalue weighted by Gasteiger charge is -2.16. The van der Waals surface area contributed by atoms with Crippen molar-refractivity contribution in [2.45, 2.75) is 32.7 Å². The summed E-state index contributed by atoms with van der Waals surface area (Å²) in [5.74, 6) is 0.921. The van der Waals surface area contributed by atoms with Crippen molar-refractivity contribution in [1.29, 1.82) is 0 Å². The van der Waals surface area contributed by atoms with Crippen molar-refractivity contribution in [2.75, 3.05) is 25.5 Å². The number of hydrogen-bond acceptors (Lipinski definition) is 4. The Morgan fingerprint density at radius 1 is 1.44 bits per heavy atom. The number of aromatic nitrogens is 2. The van der Waals surface area contributed by atoms with Crippen molar-refractivity contribution in [1.82, 2.24) is 14.9 Å². The van der Waals surface area contributed by atoms with E-state index < -0.39 is 0 Å². The molecule has 88 valence electrons. The molecule has 0 radical (unpaired) electrons. The second-order valence-electron chi connectivity index (χ2n) is 4.58. The zero-order valence-corrected chi connectivity index (χ0v) is 10.3. The van der Waals surface area contributed by atoms with E-state index in [1.165, 1.54) is 12.8 Å². The van der Waals surface area contributed by atoms with Gasteiger partial charge in [-0.3, -0.25) is 4.98 Å². The number of anilines is 1. The second kappa shape index (κ2) is 4.78. The molecule has 0 amide bonds. The largest absolute Gasteiger partial charge is 0.367 e. The first-order valence-corrected chi connectivity index (χ1v) is 5.91. The minimum atomic E-state index is 0.825. The molecule has 0 aromatic carbocycles. The fraction of sp³-hybridized carbons (Fsp3) is 0.667. The molecular weight excluding hydrogens is 200 g/mol. The van der Waals surface area contributed by atoms with Gasteiger partial charge in [0.25, 0.3) is 0 Å². The van der Waals surface area contributed by atoms with E-state index in [1.807, 2.05) is 13.8 Å². The Morgan fingerprint density at radius 3 is 2.88 bits per heavy atom. The molecule has 0 spiro atoms. The quantitative estimate of drug-likeness (QED) is 0.818. The number of rotatable bonds is 5. The molecule has 0 bridgehead atoms. The van der Waals surface area contributed by atoms with Crippen molar-refractivity contribution in [3.05, 3.63) is 17.6 Å². The highest BCUT2D eigenvalue weighted by Crippen LogP contribution is 2.24. The Kier molecular flexibility index (Phi) is 3.39. The number of aryl methyl sites for hydroxylation is 2. The van der Waals surface area contributed by atoms with Crippen LogP contribution in [0.2, 0.25) is 0 Å². The summed E-state index contributed by atoms with van der Waals surface area (Å²) < 4.78 is 0. The molecule has 0 atom stereocenters. The Balaban J connectivity index is 1.81. The maximum absolute atomic E-state index is 4.44. The van der Waals surface area contributed by atoms with Crippen LogP contribution in [0.5, 0.6) is 0 Å². The molecule has 1 saturated carbocycles. The molecule has 1 fully saturated rings. The van der Waals surface area contributed by atoms with Crippen LogP contribution in [0.25, 0.3) is 0 Å². The van der Waals surface area contributed by atoms with Gasteiger partial charge in [-0.1, -0.05) is 0 Å². The summed E-state index contributed by atoms with van der Waals surface area (Å²) in [6, 6.07) is 0.825. The van der Waals surface area contributed by atoms with E-state index in [-0.39, 0.29) is 0 Å². The van der Waals surface area contributed by atoms with Crippen molar-refractivity contribution in [2.24, 2.45) is 0 Å². The third-order valence-electron chi connectivity index (χ3n) is 3.00. The van der Waals surface area contributed by atoms with Crippen LogP contribution in [-0.2, 0) is 0 Å². The smallest absolute Gasteiger partial charge is 0.147 e. The third kappa shape index (κ3) is 2.92. The van der Waals surface area contributed by atoms with E-state index in [1.54, 1.807) is 6.20 Å². The predicted octanol–water partition coefficient (Wildman–Crippen LogP) is 1.60. The van der Waals surface area contributed by atoms with Gasteiger partial charge in [-0.05, 0) is 33.7 Å². The number of likely N-dealkylation sites (N-methyl/N-ethyl adjacent to an activating group) is 1. The predicted molar refractivity (Wildman–Crippen MR) is 65.6 cm³/mol. The lowest BCUT2D eigenvalue weighted by atomic mass is 10.4. The average Bonchev–Trinajstić information content (AvgIpc) is 3.06. The lowest BCUT2D eigenvalue weighted by Crippen LogP contribution is -2.27. The molecule has 0 unspecified atom stereocenters. The van der Waals surface area contributed by atoms with Crippen LogP contribution < -0.4 is 5.32 Å². The van der Waals surface area contributed by atoms with Gasteiger partial charge in [-0.2, -0.15) is 0 Å². The molecule has 4 nitrogen and oxygen atoms in total. The van der Waals surface area contributed by atoms with Crippen LogP contribution in [0.4, 0.5) is 5.82 Å². The maximum atomic E-state index is 4.44. The summed E-state index contributed by atoms with van der Waals surface area (Å²) in [5, 5.41) is 3.35. The van der Waals surface area contributed by atoms with E-state index >= 15 is 0 Å². The molecule has 2 rings (SSSR count). The van der Waals surface area contributed by atoms with Gasteiger partial charge in [0.15, 0.2) is 0 Å². The standard InChI is InChI=1S/C12H20N4/c1-9-8-14-10(2)12(15-9)13-6-7-16(3)11-4-5-11/h8,11H,4-7H2,1-3H3,(H,13,15). The van der Waals surface area contributed by atoms with Crippen LogP contribution in [0.1, 0.15) is 24.2 Å². The van der Waals surface area contributed by atoms with E-state index in [0.717, 1.165) is 36.3 Å². The molecule has 16 heavy (non-hydrogen) atoms. The summed E-state index contributed by atoms with van der Waals surface area (Å²) in [6.45, 7) is 5.96. The Bertz CT molecular complexity index is 360. The fourth-order valence-electron chi connectivity index (χ4n) is 1.75. The van der Waals surface area contributed by atoms with Crippen molar-refractivity contribution in [3.8, 4) is 0 Å². The Hall–Kier alpha value is -1.16. The van der Waals surface area contributed by atoms with Crippen LogP contribution in [0.15, 0.2) is 6.20 Å². The summed E-state index contributed by atoms with van der Waals surface area (Å²) in [4.78, 5) is 11.1. The van der Waals surface area contributed by atoms with Gasteiger partial charge in [0.1, 0.15) is 5.82 Å². The topological polar surface area (TPSA) is 41.1 Å². The van der Waals surface area contributed by atoms with Gasteiger partial charge in [-0.25, -0.2) is 4.98 Å². The number of nitrogens with zero attached hydrogens (tertiary/aromatic N) is 3. The highest BCUT2D eigenvalue weighted by molar-refractivity contribution is 5.39. The second-order valence-corrected chi connectivity index (χ2v) is 4.58. The average molecular weight is 220 g/mol. The first kappa shape index (κ1) is 11.3. The SMILES string of the molecule is Cc1cnc(C)c(NCCN(C)C2CC2)n1. The summed E-state index contributed by atoms with van der Waals surface area (Å²) in [7, 11) is 2.19. The number of hydrogen-bond donors (Lipinski definition) is 1. The van der Waals surface area contributed by atoms with Gasteiger partial charge in [0, 0.05) is 25.3 Å². The summed E-state index contributed by atoms with van der Waals surface area (Å²) in [5.41, 5.74) is 1.93.